The highest BCUT2D eigenvalue weighted by Gasteiger charge is 2.56. The molecule has 0 saturated carbocycles. The molecule has 2 aliphatic rings. The van der Waals surface area contributed by atoms with Crippen LogP contribution in [-0.4, -0.2) is 69.4 Å². The summed E-state index contributed by atoms with van der Waals surface area (Å²) in [5.74, 6) is -0.543. The van der Waals surface area contributed by atoms with Crippen molar-refractivity contribution < 1.29 is 38.4 Å². The van der Waals surface area contributed by atoms with Gasteiger partial charge < -0.3 is 20.1 Å². The molecule has 2 heterocycles. The fourth-order valence-electron chi connectivity index (χ4n) is 2.02. The Labute approximate surface area is 105 Å². The third kappa shape index (κ3) is 2.52. The Morgan fingerprint density at radius 1 is 1.32 bits per heavy atom. The summed E-state index contributed by atoms with van der Waals surface area (Å²) in [5, 5.41) is 29.4. The molecule has 4 atom stereocenters. The number of carbonyl (C=O) groups excluding carboxylic acids is 2. The average Bonchev–Trinajstić information content (AvgIpc) is 2.56. The number of hydrogen-bond acceptors (Lipinski definition) is 6. The number of rotatable bonds is 2. The summed E-state index contributed by atoms with van der Waals surface area (Å²) >= 11 is 0. The highest BCUT2D eigenvalue weighted by Crippen LogP contribution is 2.33. The van der Waals surface area contributed by atoms with Gasteiger partial charge in [0.25, 0.3) is 0 Å². The number of aliphatic hydroxyl groups excluding tert-OH is 2. The average molecular weight is 282 g/mol. The first kappa shape index (κ1) is 14.1. The number of alkyl halides is 2. The Kier molecular flexibility index (Phi) is 3.43. The van der Waals surface area contributed by atoms with Crippen molar-refractivity contribution in [2.24, 2.45) is 0 Å². The molecule has 3 amide bonds. The summed E-state index contributed by atoms with van der Waals surface area (Å²) in [4.78, 5) is 23.2. The first-order valence-electron chi connectivity index (χ1n) is 5.44. The van der Waals surface area contributed by atoms with Crippen molar-refractivity contribution in [1.82, 2.24) is 10.2 Å². The molecule has 10 heteroatoms. The van der Waals surface area contributed by atoms with E-state index in [1.807, 2.05) is 5.32 Å². The van der Waals surface area contributed by atoms with Crippen LogP contribution in [0.2, 0.25) is 0 Å². The number of ether oxygens (including phenoxy) is 1. The van der Waals surface area contributed by atoms with Crippen LogP contribution in [-0.2, 0) is 9.53 Å². The minimum absolute atomic E-state index is 0.0887. The van der Waals surface area contributed by atoms with E-state index >= 15 is 0 Å². The van der Waals surface area contributed by atoms with Gasteiger partial charge in [-0.05, 0) is 0 Å². The van der Waals surface area contributed by atoms with Gasteiger partial charge >= 0.3 is 12.1 Å². The number of hydrogen-bond donors (Lipinski definition) is 4. The Balaban J connectivity index is 2.14. The van der Waals surface area contributed by atoms with Crippen molar-refractivity contribution >= 4 is 11.9 Å². The molecule has 0 aromatic rings. The van der Waals surface area contributed by atoms with Crippen molar-refractivity contribution in [2.75, 3.05) is 6.54 Å². The molecule has 0 bridgehead atoms. The second kappa shape index (κ2) is 4.63. The zero-order chi connectivity index (χ0) is 14.4. The van der Waals surface area contributed by atoms with Gasteiger partial charge in [0.05, 0.1) is 0 Å². The van der Waals surface area contributed by atoms with E-state index in [0.29, 0.717) is 0 Å². The van der Waals surface area contributed by atoms with E-state index in [1.165, 1.54) is 0 Å². The van der Waals surface area contributed by atoms with E-state index in [4.69, 9.17) is 5.11 Å². The van der Waals surface area contributed by atoms with E-state index in [-0.39, 0.29) is 13.0 Å². The molecule has 0 spiro atoms. The van der Waals surface area contributed by atoms with Crippen LogP contribution in [0.1, 0.15) is 6.42 Å². The molecule has 108 valence electrons. The number of carbonyl (C=O) groups is 2. The second-order valence-corrected chi connectivity index (χ2v) is 4.31. The predicted octanol–water partition coefficient (Wildman–Crippen LogP) is -2.04. The standard InChI is InChI=1S/C9H12F2N2O6/c10-9(11,18)6-4(15)5(16)7(19-6)13-2-1-3(14)12-8(13)17/h4-7,15-16,18H,1-2H2,(H,12,14,17)/t4-,5+,6-,7+/m0/s1. The van der Waals surface area contributed by atoms with Gasteiger partial charge in [0.15, 0.2) is 12.3 Å². The molecule has 0 unspecified atom stereocenters. The number of aliphatic hydroxyl groups is 3. The lowest BCUT2D eigenvalue weighted by Crippen LogP contribution is -2.56. The monoisotopic (exact) mass is 282 g/mol. The Hall–Kier alpha value is -1.36. The van der Waals surface area contributed by atoms with E-state index in [9.17, 15) is 28.6 Å². The molecule has 0 aromatic heterocycles. The number of halogens is 2. The summed E-state index contributed by atoms with van der Waals surface area (Å²) in [6, 6.07) is -0.922. The lowest BCUT2D eigenvalue weighted by molar-refractivity contribution is -0.283. The summed E-state index contributed by atoms with van der Waals surface area (Å²) in [6.45, 7) is -0.150. The smallest absolute Gasteiger partial charge is 0.382 e. The van der Waals surface area contributed by atoms with Gasteiger partial charge in [0.2, 0.25) is 5.91 Å². The van der Waals surface area contributed by atoms with Gasteiger partial charge in [0.1, 0.15) is 12.2 Å². The van der Waals surface area contributed by atoms with Crippen molar-refractivity contribution in [2.45, 2.75) is 37.1 Å². The molecule has 19 heavy (non-hydrogen) atoms. The molecule has 2 aliphatic heterocycles. The van der Waals surface area contributed by atoms with Crippen molar-refractivity contribution in [1.29, 1.82) is 0 Å². The molecule has 2 rings (SSSR count). The quantitative estimate of drug-likeness (QED) is 0.463. The Morgan fingerprint density at radius 3 is 2.42 bits per heavy atom. The SMILES string of the molecule is O=C1CCN([C@@H]2O[C@H](C(O)(F)F)[C@@H](O)[C@H]2O)C(=O)N1. The molecule has 2 saturated heterocycles. The first-order chi connectivity index (χ1) is 8.71. The van der Waals surface area contributed by atoms with Gasteiger partial charge in [-0.2, -0.15) is 8.78 Å². The van der Waals surface area contributed by atoms with Crippen LogP contribution >= 0.6 is 0 Å². The lowest BCUT2D eigenvalue weighted by atomic mass is 10.1. The molecule has 8 nitrogen and oxygen atoms in total. The van der Waals surface area contributed by atoms with Gasteiger partial charge in [-0.1, -0.05) is 0 Å². The number of amides is 3. The maximum absolute atomic E-state index is 12.7. The summed E-state index contributed by atoms with van der Waals surface area (Å²) in [7, 11) is 0. The van der Waals surface area contributed by atoms with Crippen LogP contribution in [0.5, 0.6) is 0 Å². The topological polar surface area (TPSA) is 119 Å². The molecule has 2 fully saturated rings. The fourth-order valence-corrected chi connectivity index (χ4v) is 2.02. The van der Waals surface area contributed by atoms with E-state index in [2.05, 4.69) is 4.74 Å². The van der Waals surface area contributed by atoms with Gasteiger partial charge in [-0.15, -0.1) is 0 Å². The van der Waals surface area contributed by atoms with Crippen LogP contribution in [0.15, 0.2) is 0 Å². The normalized spacial score (nSPS) is 36.6. The van der Waals surface area contributed by atoms with E-state index in [0.717, 1.165) is 4.90 Å². The predicted molar refractivity (Wildman–Crippen MR) is 52.7 cm³/mol. The van der Waals surface area contributed by atoms with Crippen LogP contribution < -0.4 is 5.32 Å². The van der Waals surface area contributed by atoms with Crippen LogP contribution in [0.3, 0.4) is 0 Å². The maximum Gasteiger partial charge on any atom is 0.382 e. The number of imide groups is 1. The summed E-state index contributed by atoms with van der Waals surface area (Å²) in [5.41, 5.74) is 0. The van der Waals surface area contributed by atoms with Crippen LogP contribution in [0.4, 0.5) is 13.6 Å². The Bertz CT molecular complexity index is 401. The molecule has 0 radical (unpaired) electrons. The largest absolute Gasteiger partial charge is 0.387 e. The van der Waals surface area contributed by atoms with Gasteiger partial charge in [-0.25, -0.2) is 4.79 Å². The molecule has 0 aliphatic carbocycles. The molecular weight excluding hydrogens is 270 g/mol. The highest BCUT2D eigenvalue weighted by molar-refractivity contribution is 5.96. The first-order valence-corrected chi connectivity index (χ1v) is 5.44. The fraction of sp³-hybridized carbons (Fsp3) is 0.778. The van der Waals surface area contributed by atoms with Crippen molar-refractivity contribution in [3.8, 4) is 0 Å². The minimum Gasteiger partial charge on any atom is -0.387 e. The summed E-state index contributed by atoms with van der Waals surface area (Å²) in [6.07, 6.45) is -12.2. The molecule has 4 N–H and O–H groups in total. The maximum atomic E-state index is 12.7. The number of nitrogens with one attached hydrogen (secondary N) is 1. The zero-order valence-corrected chi connectivity index (χ0v) is 9.49. The second-order valence-electron chi connectivity index (χ2n) is 4.31. The lowest BCUT2D eigenvalue weighted by Gasteiger charge is -2.32. The van der Waals surface area contributed by atoms with Gasteiger partial charge in [0, 0.05) is 13.0 Å². The minimum atomic E-state index is -4.36. The van der Waals surface area contributed by atoms with Crippen LogP contribution in [0, 0.1) is 0 Å². The Morgan fingerprint density at radius 2 is 1.95 bits per heavy atom. The number of nitrogens with zero attached hydrogens (tertiary/aromatic N) is 1. The number of urea groups is 1. The third-order valence-electron chi connectivity index (χ3n) is 2.97. The van der Waals surface area contributed by atoms with E-state index < -0.39 is 42.6 Å². The highest BCUT2D eigenvalue weighted by atomic mass is 19.3. The van der Waals surface area contributed by atoms with Gasteiger partial charge in [-0.3, -0.25) is 15.0 Å². The molecule has 0 aromatic carbocycles. The van der Waals surface area contributed by atoms with Crippen LogP contribution in [0.25, 0.3) is 0 Å². The summed E-state index contributed by atoms with van der Waals surface area (Å²) < 4.78 is 30.1. The third-order valence-corrected chi connectivity index (χ3v) is 2.97. The molecular formula is C9H12F2N2O6. The zero-order valence-electron chi connectivity index (χ0n) is 9.49. The van der Waals surface area contributed by atoms with E-state index in [1.54, 1.807) is 0 Å². The van der Waals surface area contributed by atoms with Crippen molar-refractivity contribution in [3.63, 3.8) is 0 Å². The van der Waals surface area contributed by atoms with Crippen molar-refractivity contribution in [3.05, 3.63) is 0 Å².